The van der Waals surface area contributed by atoms with Crippen LogP contribution in [0, 0.1) is 13.8 Å². The number of imidazole rings is 1. The van der Waals surface area contributed by atoms with Crippen molar-refractivity contribution in [2.45, 2.75) is 30.9 Å². The molecule has 1 N–H and O–H groups in total. The SMILES string of the molecule is Cc1cc(C)[n+]2cc(CSc3nc(-c4ccccc4)cc(C(F)(F)F)n3)[nH]c2n1. The predicted molar refractivity (Wildman–Crippen MR) is 103 cm³/mol. The highest BCUT2D eigenvalue weighted by Gasteiger charge is 2.34. The maximum absolute atomic E-state index is 13.3. The number of aromatic nitrogens is 5. The molecule has 0 amide bonds. The molecule has 0 aliphatic heterocycles. The Labute approximate surface area is 169 Å². The van der Waals surface area contributed by atoms with Crippen LogP contribution in [0.15, 0.2) is 53.8 Å². The maximum atomic E-state index is 13.3. The minimum absolute atomic E-state index is 0.0724. The molecule has 148 valence electrons. The van der Waals surface area contributed by atoms with Gasteiger partial charge in [-0.2, -0.15) is 13.2 Å². The first-order chi connectivity index (χ1) is 13.8. The molecule has 3 heterocycles. The second-order valence-electron chi connectivity index (χ2n) is 6.59. The van der Waals surface area contributed by atoms with E-state index in [1.807, 2.05) is 30.5 Å². The minimum Gasteiger partial charge on any atom is -0.242 e. The van der Waals surface area contributed by atoms with Crippen LogP contribution in [-0.4, -0.2) is 19.9 Å². The van der Waals surface area contributed by atoms with Crippen molar-refractivity contribution < 1.29 is 17.6 Å². The number of rotatable bonds is 4. The summed E-state index contributed by atoms with van der Waals surface area (Å²) in [6.07, 6.45) is -2.66. The highest BCUT2D eigenvalue weighted by Crippen LogP contribution is 2.32. The first-order valence-corrected chi connectivity index (χ1v) is 9.80. The van der Waals surface area contributed by atoms with Crippen LogP contribution in [0.2, 0.25) is 0 Å². The number of thioether (sulfide) groups is 1. The summed E-state index contributed by atoms with van der Waals surface area (Å²) in [6, 6.07) is 11.7. The number of aryl methyl sites for hydroxylation is 2. The summed E-state index contributed by atoms with van der Waals surface area (Å²) in [6.45, 7) is 3.87. The molecular formula is C20H17F3N5S+. The van der Waals surface area contributed by atoms with E-state index in [1.165, 1.54) is 0 Å². The number of halogens is 3. The first-order valence-electron chi connectivity index (χ1n) is 8.81. The smallest absolute Gasteiger partial charge is 0.242 e. The van der Waals surface area contributed by atoms with Crippen LogP contribution >= 0.6 is 11.8 Å². The van der Waals surface area contributed by atoms with E-state index in [4.69, 9.17) is 0 Å². The van der Waals surface area contributed by atoms with Gasteiger partial charge in [-0.3, -0.25) is 0 Å². The number of nitrogens with zero attached hydrogens (tertiary/aromatic N) is 4. The monoisotopic (exact) mass is 416 g/mol. The molecule has 0 aliphatic carbocycles. The van der Waals surface area contributed by atoms with Crippen LogP contribution in [0.5, 0.6) is 0 Å². The topological polar surface area (TPSA) is 58.6 Å². The highest BCUT2D eigenvalue weighted by molar-refractivity contribution is 7.98. The molecule has 5 nitrogen and oxygen atoms in total. The number of nitrogens with one attached hydrogen (secondary N) is 1. The highest BCUT2D eigenvalue weighted by atomic mass is 32.2. The van der Waals surface area contributed by atoms with Gasteiger partial charge < -0.3 is 0 Å². The average Bonchev–Trinajstić information content (AvgIpc) is 3.09. The molecule has 0 unspecified atom stereocenters. The van der Waals surface area contributed by atoms with Crippen molar-refractivity contribution in [2.24, 2.45) is 0 Å². The van der Waals surface area contributed by atoms with Gasteiger partial charge in [-0.05, 0) is 19.9 Å². The lowest BCUT2D eigenvalue weighted by molar-refractivity contribution is -0.520. The Morgan fingerprint density at radius 3 is 2.52 bits per heavy atom. The number of alkyl halides is 3. The van der Waals surface area contributed by atoms with Gasteiger partial charge in [0.1, 0.15) is 23.3 Å². The quantitative estimate of drug-likeness (QED) is 0.302. The standard InChI is InChI=1S/C20H16F3N5S/c1-12-8-13(2)28-10-15(25-18(28)24-12)11-29-19-26-16(14-6-4-3-5-7-14)9-17(27-19)20(21,22)23/h3-10H,11H2,1-2H3/p+1. The third-order valence-corrected chi connectivity index (χ3v) is 5.18. The number of fused-ring (bicyclic) bond motifs is 1. The third-order valence-electron chi connectivity index (χ3n) is 4.29. The van der Waals surface area contributed by atoms with Crippen molar-refractivity contribution in [2.75, 3.05) is 0 Å². The van der Waals surface area contributed by atoms with Crippen molar-refractivity contribution in [1.82, 2.24) is 19.9 Å². The van der Waals surface area contributed by atoms with Crippen LogP contribution in [-0.2, 0) is 11.9 Å². The normalized spacial score (nSPS) is 11.9. The average molecular weight is 416 g/mol. The van der Waals surface area contributed by atoms with Crippen molar-refractivity contribution in [3.05, 3.63) is 71.4 Å². The summed E-state index contributed by atoms with van der Waals surface area (Å²) in [5, 5.41) is 0.0724. The van der Waals surface area contributed by atoms with E-state index >= 15 is 0 Å². The summed E-state index contributed by atoms with van der Waals surface area (Å²) < 4.78 is 41.9. The lowest BCUT2D eigenvalue weighted by Gasteiger charge is -2.10. The maximum Gasteiger partial charge on any atom is 0.433 e. The third kappa shape index (κ3) is 4.24. The van der Waals surface area contributed by atoms with Crippen LogP contribution < -0.4 is 4.40 Å². The number of H-pyrrole nitrogens is 1. The van der Waals surface area contributed by atoms with Gasteiger partial charge in [0, 0.05) is 11.6 Å². The molecule has 4 aromatic rings. The molecule has 0 spiro atoms. The zero-order chi connectivity index (χ0) is 20.6. The second kappa shape index (κ2) is 7.47. The van der Waals surface area contributed by atoms with E-state index in [-0.39, 0.29) is 10.9 Å². The van der Waals surface area contributed by atoms with E-state index in [0.29, 0.717) is 17.1 Å². The van der Waals surface area contributed by atoms with Crippen molar-refractivity contribution >= 4 is 17.5 Å². The number of hydrogen-bond donors (Lipinski definition) is 1. The van der Waals surface area contributed by atoms with Crippen LogP contribution in [0.3, 0.4) is 0 Å². The summed E-state index contributed by atoms with van der Waals surface area (Å²) in [5.74, 6) is 1.07. The Bertz CT molecular complexity index is 1170. The summed E-state index contributed by atoms with van der Waals surface area (Å²) in [4.78, 5) is 15.7. The molecule has 0 aliphatic rings. The fourth-order valence-electron chi connectivity index (χ4n) is 2.98. The van der Waals surface area contributed by atoms with Crippen LogP contribution in [0.25, 0.3) is 17.0 Å². The molecule has 0 radical (unpaired) electrons. The number of hydrogen-bond acceptors (Lipinski definition) is 4. The summed E-state index contributed by atoms with van der Waals surface area (Å²) >= 11 is 1.14. The first kappa shape index (κ1) is 19.4. The van der Waals surface area contributed by atoms with Crippen molar-refractivity contribution in [1.29, 1.82) is 0 Å². The zero-order valence-corrected chi connectivity index (χ0v) is 16.5. The molecule has 1 aromatic carbocycles. The molecule has 0 saturated carbocycles. The molecule has 29 heavy (non-hydrogen) atoms. The molecule has 0 fully saturated rings. The molecular weight excluding hydrogens is 399 g/mol. The zero-order valence-electron chi connectivity index (χ0n) is 15.7. The van der Waals surface area contributed by atoms with E-state index in [1.54, 1.807) is 30.3 Å². The van der Waals surface area contributed by atoms with Crippen LogP contribution in [0.4, 0.5) is 13.2 Å². The van der Waals surface area contributed by atoms with Gasteiger partial charge in [0.05, 0.1) is 17.1 Å². The molecule has 9 heteroatoms. The Morgan fingerprint density at radius 1 is 1.03 bits per heavy atom. The molecule has 0 saturated heterocycles. The van der Waals surface area contributed by atoms with Gasteiger partial charge in [0.15, 0.2) is 5.16 Å². The lowest BCUT2D eigenvalue weighted by Crippen LogP contribution is -2.24. The summed E-state index contributed by atoms with van der Waals surface area (Å²) in [5.41, 5.74) is 2.62. The Hall–Kier alpha value is -2.94. The fraction of sp³-hybridized carbons (Fsp3) is 0.200. The molecule has 4 rings (SSSR count). The Morgan fingerprint density at radius 2 is 1.79 bits per heavy atom. The minimum atomic E-state index is -4.54. The van der Waals surface area contributed by atoms with Gasteiger partial charge in [0.25, 0.3) is 0 Å². The Kier molecular flexibility index (Phi) is 4.99. The van der Waals surface area contributed by atoms with E-state index in [2.05, 4.69) is 19.9 Å². The van der Waals surface area contributed by atoms with Crippen molar-refractivity contribution in [3.63, 3.8) is 0 Å². The van der Waals surface area contributed by atoms with Gasteiger partial charge in [-0.1, -0.05) is 47.1 Å². The van der Waals surface area contributed by atoms with Gasteiger partial charge in [0.2, 0.25) is 0 Å². The predicted octanol–water partition coefficient (Wildman–Crippen LogP) is 4.53. The number of aromatic amines is 1. The van der Waals surface area contributed by atoms with Gasteiger partial charge >= 0.3 is 12.0 Å². The lowest BCUT2D eigenvalue weighted by atomic mass is 10.1. The number of benzene rings is 1. The van der Waals surface area contributed by atoms with Gasteiger partial charge in [-0.15, -0.1) is 0 Å². The van der Waals surface area contributed by atoms with Crippen LogP contribution in [0.1, 0.15) is 22.8 Å². The molecule has 0 atom stereocenters. The second-order valence-corrected chi connectivity index (χ2v) is 7.53. The molecule has 0 bridgehead atoms. The van der Waals surface area contributed by atoms with Gasteiger partial charge in [-0.25, -0.2) is 19.4 Å². The largest absolute Gasteiger partial charge is 0.433 e. The molecule has 3 aromatic heterocycles. The van der Waals surface area contributed by atoms with Crippen molar-refractivity contribution in [3.8, 4) is 11.3 Å². The fourth-order valence-corrected chi connectivity index (χ4v) is 3.74. The van der Waals surface area contributed by atoms with E-state index in [9.17, 15) is 13.2 Å². The Balaban J connectivity index is 1.65. The summed E-state index contributed by atoms with van der Waals surface area (Å²) in [7, 11) is 0. The van der Waals surface area contributed by atoms with E-state index in [0.717, 1.165) is 34.9 Å². The van der Waals surface area contributed by atoms with E-state index < -0.39 is 11.9 Å².